The first kappa shape index (κ1) is 23.4. The van der Waals surface area contributed by atoms with Crippen LogP contribution in [0.1, 0.15) is 43.1 Å². The number of ketones is 1. The standard InChI is InChI=1S/C22H23FN4O4S/c1-14(2)12-26-21(15(3)31-19-9-7-17(23)8-10-19)24-25-22(26)32-13-20(28)16-5-4-6-18(11-16)27(29)30/h4-11,14-15H,12-13H2,1-3H3. The summed E-state index contributed by atoms with van der Waals surface area (Å²) in [5.74, 6) is 0.857. The number of benzene rings is 2. The van der Waals surface area contributed by atoms with Gasteiger partial charge in [0.25, 0.3) is 5.69 Å². The molecule has 0 aliphatic carbocycles. The number of rotatable bonds is 10. The lowest BCUT2D eigenvalue weighted by molar-refractivity contribution is -0.384. The third kappa shape index (κ3) is 5.91. The van der Waals surface area contributed by atoms with Crippen LogP contribution in [0.15, 0.2) is 53.7 Å². The van der Waals surface area contributed by atoms with E-state index in [1.807, 2.05) is 11.5 Å². The van der Waals surface area contributed by atoms with Crippen LogP contribution < -0.4 is 4.74 Å². The summed E-state index contributed by atoms with van der Waals surface area (Å²) >= 11 is 1.22. The topological polar surface area (TPSA) is 100 Å². The van der Waals surface area contributed by atoms with Crippen LogP contribution in [0, 0.1) is 21.8 Å². The van der Waals surface area contributed by atoms with Crippen molar-refractivity contribution in [3.8, 4) is 5.75 Å². The molecule has 0 aliphatic heterocycles. The van der Waals surface area contributed by atoms with Gasteiger partial charge in [-0.1, -0.05) is 37.7 Å². The quantitative estimate of drug-likeness (QED) is 0.180. The number of carbonyl (C=O) groups is 1. The number of hydrogen-bond acceptors (Lipinski definition) is 7. The number of non-ortho nitro benzene ring substituents is 1. The summed E-state index contributed by atoms with van der Waals surface area (Å²) in [4.78, 5) is 23.0. The molecule has 0 bridgehead atoms. The van der Waals surface area contributed by atoms with Gasteiger partial charge in [0.1, 0.15) is 11.6 Å². The van der Waals surface area contributed by atoms with Crippen molar-refractivity contribution in [1.82, 2.24) is 14.8 Å². The van der Waals surface area contributed by atoms with E-state index in [1.54, 1.807) is 18.2 Å². The van der Waals surface area contributed by atoms with Crippen molar-refractivity contribution in [2.24, 2.45) is 5.92 Å². The number of nitro groups is 1. The monoisotopic (exact) mass is 458 g/mol. The number of Topliss-reactive ketones (excluding diaryl/α,β-unsaturated/α-hetero) is 1. The minimum absolute atomic E-state index is 0.0601. The molecule has 0 aliphatic rings. The minimum Gasteiger partial charge on any atom is -0.483 e. The number of ether oxygens (including phenoxy) is 1. The highest BCUT2D eigenvalue weighted by atomic mass is 32.2. The summed E-state index contributed by atoms with van der Waals surface area (Å²) in [6, 6.07) is 11.4. The van der Waals surface area contributed by atoms with E-state index in [0.717, 1.165) is 0 Å². The number of halogens is 1. The molecule has 0 saturated heterocycles. The van der Waals surface area contributed by atoms with Gasteiger partial charge >= 0.3 is 0 Å². The largest absolute Gasteiger partial charge is 0.483 e. The van der Waals surface area contributed by atoms with Gasteiger partial charge in [-0.2, -0.15) is 0 Å². The van der Waals surface area contributed by atoms with E-state index in [9.17, 15) is 19.3 Å². The lowest BCUT2D eigenvalue weighted by Crippen LogP contribution is -2.15. The highest BCUT2D eigenvalue weighted by molar-refractivity contribution is 7.99. The molecule has 32 heavy (non-hydrogen) atoms. The molecule has 3 aromatic rings. The van der Waals surface area contributed by atoms with E-state index < -0.39 is 11.0 Å². The Morgan fingerprint density at radius 1 is 1.19 bits per heavy atom. The summed E-state index contributed by atoms with van der Waals surface area (Å²) in [5, 5.41) is 20.0. The number of carbonyl (C=O) groups excluding carboxylic acids is 1. The van der Waals surface area contributed by atoms with Crippen LogP contribution in [0.5, 0.6) is 5.75 Å². The van der Waals surface area contributed by atoms with Gasteiger partial charge in [-0.25, -0.2) is 4.39 Å². The number of nitro benzene ring substituents is 1. The summed E-state index contributed by atoms with van der Waals surface area (Å²) < 4.78 is 20.9. The van der Waals surface area contributed by atoms with Crippen molar-refractivity contribution in [3.63, 3.8) is 0 Å². The van der Waals surface area contributed by atoms with E-state index in [4.69, 9.17) is 4.74 Å². The zero-order chi connectivity index (χ0) is 23.3. The van der Waals surface area contributed by atoms with E-state index in [0.29, 0.717) is 23.3 Å². The summed E-state index contributed by atoms with van der Waals surface area (Å²) in [6.45, 7) is 6.55. The summed E-state index contributed by atoms with van der Waals surface area (Å²) in [5.41, 5.74) is 0.146. The average Bonchev–Trinajstić information content (AvgIpc) is 3.15. The maximum atomic E-state index is 13.1. The molecule has 0 spiro atoms. The molecule has 168 valence electrons. The van der Waals surface area contributed by atoms with Crippen LogP contribution in [0.2, 0.25) is 0 Å². The van der Waals surface area contributed by atoms with Gasteiger partial charge in [0, 0.05) is 24.2 Å². The van der Waals surface area contributed by atoms with Crippen molar-refractivity contribution in [2.75, 3.05) is 5.75 Å². The van der Waals surface area contributed by atoms with Gasteiger partial charge in [0.2, 0.25) is 0 Å². The summed E-state index contributed by atoms with van der Waals surface area (Å²) in [7, 11) is 0. The first-order valence-corrected chi connectivity index (χ1v) is 11.0. The maximum Gasteiger partial charge on any atom is 0.270 e. The molecule has 3 rings (SSSR count). The molecular formula is C22H23FN4O4S. The molecule has 8 nitrogen and oxygen atoms in total. The molecule has 1 unspecified atom stereocenters. The molecule has 0 saturated carbocycles. The Labute approximate surface area is 189 Å². The Bertz CT molecular complexity index is 1100. The number of aromatic nitrogens is 3. The van der Waals surface area contributed by atoms with Gasteiger partial charge in [0.15, 0.2) is 22.9 Å². The van der Waals surface area contributed by atoms with Crippen molar-refractivity contribution >= 4 is 23.2 Å². The normalized spacial score (nSPS) is 12.0. The lowest BCUT2D eigenvalue weighted by atomic mass is 10.1. The fourth-order valence-electron chi connectivity index (χ4n) is 3.02. The third-order valence-corrected chi connectivity index (χ3v) is 5.46. The molecule has 0 N–H and O–H groups in total. The van der Waals surface area contributed by atoms with Gasteiger partial charge in [-0.3, -0.25) is 14.9 Å². The molecule has 10 heteroatoms. The SMILES string of the molecule is CC(C)Cn1c(SCC(=O)c2cccc([N+](=O)[O-])c2)nnc1C(C)Oc1ccc(F)cc1. The Morgan fingerprint density at radius 2 is 1.91 bits per heavy atom. The van der Waals surface area contributed by atoms with Crippen molar-refractivity contribution in [3.05, 3.63) is 75.9 Å². The Balaban J connectivity index is 1.75. The fraction of sp³-hybridized carbons (Fsp3) is 0.318. The van der Waals surface area contributed by atoms with Crippen molar-refractivity contribution in [2.45, 2.75) is 38.6 Å². The van der Waals surface area contributed by atoms with Gasteiger partial charge in [0.05, 0.1) is 10.7 Å². The van der Waals surface area contributed by atoms with Crippen molar-refractivity contribution < 1.29 is 18.8 Å². The number of thioether (sulfide) groups is 1. The minimum atomic E-state index is -0.530. The molecule has 1 aromatic heterocycles. The van der Waals surface area contributed by atoms with Gasteiger partial charge < -0.3 is 9.30 Å². The zero-order valence-corrected chi connectivity index (χ0v) is 18.7. The molecule has 0 amide bonds. The molecule has 0 fully saturated rings. The highest BCUT2D eigenvalue weighted by Crippen LogP contribution is 2.26. The number of nitrogens with zero attached hydrogens (tertiary/aromatic N) is 4. The molecular weight excluding hydrogens is 435 g/mol. The third-order valence-electron chi connectivity index (χ3n) is 4.49. The van der Waals surface area contributed by atoms with E-state index in [-0.39, 0.29) is 34.5 Å². The Morgan fingerprint density at radius 3 is 2.56 bits per heavy atom. The van der Waals surface area contributed by atoms with Crippen LogP contribution in [0.3, 0.4) is 0 Å². The van der Waals surface area contributed by atoms with Crippen LogP contribution in [-0.2, 0) is 6.54 Å². The first-order valence-electron chi connectivity index (χ1n) is 10.0. The molecule has 0 radical (unpaired) electrons. The van der Waals surface area contributed by atoms with Crippen LogP contribution >= 0.6 is 11.8 Å². The van der Waals surface area contributed by atoms with Crippen LogP contribution in [0.25, 0.3) is 0 Å². The van der Waals surface area contributed by atoms with Crippen LogP contribution in [-0.4, -0.2) is 31.2 Å². The lowest BCUT2D eigenvalue weighted by Gasteiger charge is -2.17. The van der Waals surface area contributed by atoms with Gasteiger partial charge in [-0.15, -0.1) is 10.2 Å². The van der Waals surface area contributed by atoms with Crippen molar-refractivity contribution in [1.29, 1.82) is 0 Å². The Kier molecular flexibility index (Phi) is 7.57. The highest BCUT2D eigenvalue weighted by Gasteiger charge is 2.21. The fourth-order valence-corrected chi connectivity index (χ4v) is 3.87. The predicted octanol–water partition coefficient (Wildman–Crippen LogP) is 5.10. The second-order valence-electron chi connectivity index (χ2n) is 7.58. The maximum absolute atomic E-state index is 13.1. The van der Waals surface area contributed by atoms with E-state index >= 15 is 0 Å². The zero-order valence-electron chi connectivity index (χ0n) is 17.9. The van der Waals surface area contributed by atoms with E-state index in [2.05, 4.69) is 24.0 Å². The van der Waals surface area contributed by atoms with Crippen LogP contribution in [0.4, 0.5) is 10.1 Å². The van der Waals surface area contributed by atoms with E-state index in [1.165, 1.54) is 42.1 Å². The second-order valence-corrected chi connectivity index (χ2v) is 8.52. The van der Waals surface area contributed by atoms with Gasteiger partial charge in [-0.05, 0) is 37.1 Å². The molecule has 1 heterocycles. The number of hydrogen-bond donors (Lipinski definition) is 0. The molecule has 1 atom stereocenters. The predicted molar refractivity (Wildman–Crippen MR) is 118 cm³/mol. The molecule has 2 aromatic carbocycles. The average molecular weight is 459 g/mol. The Hall–Kier alpha value is -3.27. The second kappa shape index (κ2) is 10.4. The summed E-state index contributed by atoms with van der Waals surface area (Å²) in [6.07, 6.45) is -0.450. The smallest absolute Gasteiger partial charge is 0.270 e. The first-order chi connectivity index (χ1) is 15.2.